The van der Waals surface area contributed by atoms with Gasteiger partial charge < -0.3 is 9.30 Å². The molecule has 0 N–H and O–H groups in total. The van der Waals surface area contributed by atoms with E-state index in [0.29, 0.717) is 30.3 Å². The van der Waals surface area contributed by atoms with Gasteiger partial charge in [-0.2, -0.15) is 0 Å². The predicted molar refractivity (Wildman–Crippen MR) is 121 cm³/mol. The van der Waals surface area contributed by atoms with Crippen LogP contribution < -0.4 is 16.0 Å². The van der Waals surface area contributed by atoms with Crippen LogP contribution in [0, 0.1) is 11.7 Å². The van der Waals surface area contributed by atoms with Crippen molar-refractivity contribution in [1.82, 2.24) is 18.7 Å². The van der Waals surface area contributed by atoms with Gasteiger partial charge in [0.2, 0.25) is 0 Å². The zero-order valence-electron chi connectivity index (χ0n) is 18.3. The molecule has 0 aliphatic heterocycles. The van der Waals surface area contributed by atoms with E-state index in [2.05, 4.69) is 4.98 Å². The molecule has 0 spiro atoms. The van der Waals surface area contributed by atoms with Crippen molar-refractivity contribution < 1.29 is 9.13 Å². The molecule has 2 heterocycles. The van der Waals surface area contributed by atoms with Gasteiger partial charge in [0.25, 0.3) is 5.56 Å². The smallest absolute Gasteiger partial charge is 0.337 e. The van der Waals surface area contributed by atoms with Crippen molar-refractivity contribution in [1.29, 1.82) is 0 Å². The summed E-state index contributed by atoms with van der Waals surface area (Å²) in [5.41, 5.74) is 0.721. The van der Waals surface area contributed by atoms with E-state index in [0.717, 1.165) is 5.56 Å². The second-order valence-corrected chi connectivity index (χ2v) is 8.09. The van der Waals surface area contributed by atoms with Crippen LogP contribution in [0.15, 0.2) is 64.4 Å². The molecule has 0 bridgehead atoms. The quantitative estimate of drug-likeness (QED) is 0.444. The molecule has 0 amide bonds. The third-order valence-corrected chi connectivity index (χ3v) is 5.43. The molecule has 8 heteroatoms. The highest BCUT2D eigenvalue weighted by molar-refractivity contribution is 5.72. The summed E-state index contributed by atoms with van der Waals surface area (Å²) in [6.45, 7) is 4.66. The zero-order chi connectivity index (χ0) is 22.8. The second-order valence-electron chi connectivity index (χ2n) is 8.09. The van der Waals surface area contributed by atoms with Gasteiger partial charge in [-0.3, -0.25) is 9.36 Å². The maximum absolute atomic E-state index is 14.0. The number of fused-ring (bicyclic) bond motifs is 1. The molecule has 0 unspecified atom stereocenters. The van der Waals surface area contributed by atoms with E-state index in [1.807, 2.05) is 38.1 Å². The summed E-state index contributed by atoms with van der Waals surface area (Å²) < 4.78 is 23.6. The number of para-hydroxylation sites is 1. The molecule has 7 nitrogen and oxygen atoms in total. The molecule has 0 radical (unpaired) electrons. The van der Waals surface area contributed by atoms with Crippen LogP contribution in [0.25, 0.3) is 16.9 Å². The van der Waals surface area contributed by atoms with Crippen LogP contribution in [0.5, 0.6) is 5.75 Å². The van der Waals surface area contributed by atoms with Crippen LogP contribution in [0.4, 0.5) is 4.39 Å². The van der Waals surface area contributed by atoms with Crippen LogP contribution in [-0.2, 0) is 13.1 Å². The molecule has 0 fully saturated rings. The third kappa shape index (κ3) is 3.95. The molecule has 0 atom stereocenters. The summed E-state index contributed by atoms with van der Waals surface area (Å²) in [7, 11) is 1.59. The number of hydrogen-bond donors (Lipinski definition) is 0. The number of rotatable bonds is 7. The molecular formula is C24H25FN4O3. The average Bonchev–Trinajstić information content (AvgIpc) is 3.17. The largest absolute Gasteiger partial charge is 0.496 e. The van der Waals surface area contributed by atoms with Gasteiger partial charge in [0.05, 0.1) is 25.7 Å². The van der Waals surface area contributed by atoms with Gasteiger partial charge in [0, 0.05) is 12.1 Å². The zero-order valence-corrected chi connectivity index (χ0v) is 18.3. The lowest BCUT2D eigenvalue weighted by Crippen LogP contribution is -2.40. The average molecular weight is 436 g/mol. The van der Waals surface area contributed by atoms with Crippen molar-refractivity contribution in [3.63, 3.8) is 0 Å². The fourth-order valence-corrected chi connectivity index (χ4v) is 3.75. The Morgan fingerprint density at radius 1 is 1.09 bits per heavy atom. The Morgan fingerprint density at radius 2 is 1.88 bits per heavy atom. The number of halogens is 1. The van der Waals surface area contributed by atoms with Crippen molar-refractivity contribution in [2.45, 2.75) is 33.4 Å². The first-order chi connectivity index (χ1) is 15.4. The maximum Gasteiger partial charge on any atom is 0.337 e. The molecular weight excluding hydrogens is 411 g/mol. The first-order valence-corrected chi connectivity index (χ1v) is 10.5. The topological polar surface area (TPSA) is 71.1 Å². The minimum Gasteiger partial charge on any atom is -0.496 e. The van der Waals surface area contributed by atoms with Gasteiger partial charge in [0.15, 0.2) is 11.2 Å². The van der Waals surface area contributed by atoms with E-state index >= 15 is 0 Å². The SMILES string of the molecule is COc1ccccc1Cn1cnc2c1c(=O)n(CCC(C)C)c(=O)n2-c1cccc(F)c1. The predicted octanol–water partition coefficient (Wildman–Crippen LogP) is 3.59. The summed E-state index contributed by atoms with van der Waals surface area (Å²) in [5.74, 6) is 0.516. The summed E-state index contributed by atoms with van der Waals surface area (Å²) in [5, 5.41) is 0. The van der Waals surface area contributed by atoms with Crippen molar-refractivity contribution in [3.8, 4) is 11.4 Å². The van der Waals surface area contributed by atoms with Gasteiger partial charge in [-0.05, 0) is 36.6 Å². The lowest BCUT2D eigenvalue weighted by Gasteiger charge is -2.14. The van der Waals surface area contributed by atoms with Gasteiger partial charge in [-0.1, -0.05) is 38.1 Å². The fraction of sp³-hybridized carbons (Fsp3) is 0.292. The van der Waals surface area contributed by atoms with Crippen LogP contribution in [0.2, 0.25) is 0 Å². The van der Waals surface area contributed by atoms with Crippen LogP contribution in [0.1, 0.15) is 25.8 Å². The number of imidazole rings is 1. The Labute approximate surface area is 184 Å². The first kappa shape index (κ1) is 21.5. The Morgan fingerprint density at radius 3 is 2.59 bits per heavy atom. The Hall–Kier alpha value is -3.68. The third-order valence-electron chi connectivity index (χ3n) is 5.43. The minimum atomic E-state index is -0.531. The number of methoxy groups -OCH3 is 1. The van der Waals surface area contributed by atoms with E-state index < -0.39 is 17.1 Å². The van der Waals surface area contributed by atoms with E-state index in [9.17, 15) is 14.0 Å². The van der Waals surface area contributed by atoms with Crippen molar-refractivity contribution in [2.24, 2.45) is 5.92 Å². The number of benzene rings is 2. The van der Waals surface area contributed by atoms with Gasteiger partial charge in [-0.15, -0.1) is 0 Å². The Balaban J connectivity index is 1.97. The molecule has 2 aromatic carbocycles. The van der Waals surface area contributed by atoms with Crippen LogP contribution in [0.3, 0.4) is 0 Å². The van der Waals surface area contributed by atoms with Gasteiger partial charge >= 0.3 is 5.69 Å². The van der Waals surface area contributed by atoms with E-state index in [1.54, 1.807) is 17.7 Å². The van der Waals surface area contributed by atoms with Crippen molar-refractivity contribution in [3.05, 3.63) is 87.1 Å². The summed E-state index contributed by atoms with van der Waals surface area (Å²) >= 11 is 0. The van der Waals surface area contributed by atoms with Crippen LogP contribution in [-0.4, -0.2) is 25.8 Å². The minimum absolute atomic E-state index is 0.196. The van der Waals surface area contributed by atoms with Gasteiger partial charge in [-0.25, -0.2) is 18.7 Å². The fourth-order valence-electron chi connectivity index (χ4n) is 3.75. The molecule has 0 aliphatic rings. The van der Waals surface area contributed by atoms with E-state index in [4.69, 9.17) is 4.74 Å². The van der Waals surface area contributed by atoms with Crippen molar-refractivity contribution >= 4 is 11.2 Å². The summed E-state index contributed by atoms with van der Waals surface area (Å²) in [4.78, 5) is 31.1. The molecule has 166 valence electrons. The highest BCUT2D eigenvalue weighted by Gasteiger charge is 2.20. The maximum atomic E-state index is 14.0. The Bertz CT molecular complexity index is 1380. The van der Waals surface area contributed by atoms with Crippen molar-refractivity contribution in [2.75, 3.05) is 7.11 Å². The van der Waals surface area contributed by atoms with E-state index in [-0.39, 0.29) is 17.7 Å². The van der Waals surface area contributed by atoms with Gasteiger partial charge in [0.1, 0.15) is 11.6 Å². The molecule has 4 rings (SSSR count). The summed E-state index contributed by atoms with van der Waals surface area (Å²) in [6.07, 6.45) is 2.19. The number of aromatic nitrogens is 4. The molecule has 0 aliphatic carbocycles. The first-order valence-electron chi connectivity index (χ1n) is 10.5. The molecule has 4 aromatic rings. The highest BCUT2D eigenvalue weighted by Crippen LogP contribution is 2.21. The second kappa shape index (κ2) is 8.82. The number of ether oxygens (including phenoxy) is 1. The highest BCUT2D eigenvalue weighted by atomic mass is 19.1. The number of nitrogens with zero attached hydrogens (tertiary/aromatic N) is 4. The van der Waals surface area contributed by atoms with Crippen LogP contribution >= 0.6 is 0 Å². The standard InChI is InChI=1S/C24H25FN4O3/c1-16(2)11-12-28-23(30)21-22(29(24(28)31)19-9-6-8-18(25)13-19)26-15-27(21)14-17-7-4-5-10-20(17)32-3/h4-10,13,15-16H,11-12,14H2,1-3H3. The molecule has 0 saturated heterocycles. The Kier molecular flexibility index (Phi) is 5.94. The lowest BCUT2D eigenvalue weighted by atomic mass is 10.1. The molecule has 32 heavy (non-hydrogen) atoms. The molecule has 0 saturated carbocycles. The monoisotopic (exact) mass is 436 g/mol. The normalized spacial score (nSPS) is 11.4. The summed E-state index contributed by atoms with van der Waals surface area (Å²) in [6, 6.07) is 13.2. The number of hydrogen-bond acceptors (Lipinski definition) is 4. The van der Waals surface area contributed by atoms with E-state index in [1.165, 1.54) is 33.7 Å². The lowest BCUT2D eigenvalue weighted by molar-refractivity contribution is 0.408. The molecule has 2 aromatic heterocycles.